The maximum atomic E-state index is 13.2. The van der Waals surface area contributed by atoms with Crippen LogP contribution in [0, 0.1) is 5.82 Å². The van der Waals surface area contributed by atoms with Gasteiger partial charge in [-0.2, -0.15) is 5.10 Å². The van der Waals surface area contributed by atoms with Gasteiger partial charge in [-0.15, -0.1) is 0 Å². The van der Waals surface area contributed by atoms with E-state index in [1.807, 2.05) is 49.4 Å². The zero-order valence-corrected chi connectivity index (χ0v) is 16.2. The Labute approximate surface area is 168 Å². The standard InChI is InChI=1S/C23H22FN3O2/c1-15(25)23(16-3-9-20(28-2)10-4-16)29-21-11-12-22-17(13-21)14-26-27(22)19-7-5-18(24)6-8-19/h3-15,23H,25H2,1-2H3/t15-,23-/m0/s1. The Balaban J connectivity index is 1.62. The summed E-state index contributed by atoms with van der Waals surface area (Å²) in [4.78, 5) is 0. The van der Waals surface area contributed by atoms with Crippen LogP contribution in [-0.2, 0) is 0 Å². The lowest BCUT2D eigenvalue weighted by Crippen LogP contribution is -2.29. The van der Waals surface area contributed by atoms with Crippen molar-refractivity contribution < 1.29 is 13.9 Å². The van der Waals surface area contributed by atoms with Crippen molar-refractivity contribution in [1.29, 1.82) is 0 Å². The molecule has 2 N–H and O–H groups in total. The summed E-state index contributed by atoms with van der Waals surface area (Å²) in [6.45, 7) is 1.92. The summed E-state index contributed by atoms with van der Waals surface area (Å²) >= 11 is 0. The first-order valence-corrected chi connectivity index (χ1v) is 9.35. The van der Waals surface area contributed by atoms with E-state index in [9.17, 15) is 4.39 Å². The normalized spacial score (nSPS) is 13.2. The molecule has 3 aromatic carbocycles. The first kappa shape index (κ1) is 19.0. The van der Waals surface area contributed by atoms with Crippen LogP contribution >= 0.6 is 0 Å². The van der Waals surface area contributed by atoms with Crippen LogP contribution in [0.15, 0.2) is 72.9 Å². The van der Waals surface area contributed by atoms with Gasteiger partial charge in [-0.1, -0.05) is 12.1 Å². The second-order valence-electron chi connectivity index (χ2n) is 6.92. The number of ether oxygens (including phenoxy) is 2. The molecule has 1 aromatic heterocycles. The number of fused-ring (bicyclic) bond motifs is 1. The highest BCUT2D eigenvalue weighted by molar-refractivity contribution is 5.81. The third-order valence-electron chi connectivity index (χ3n) is 4.80. The zero-order chi connectivity index (χ0) is 20.4. The average Bonchev–Trinajstić information content (AvgIpc) is 3.16. The number of benzene rings is 3. The van der Waals surface area contributed by atoms with Crippen molar-refractivity contribution in [3.8, 4) is 17.2 Å². The van der Waals surface area contributed by atoms with Crippen molar-refractivity contribution >= 4 is 10.9 Å². The Hall–Kier alpha value is -3.38. The Morgan fingerprint density at radius 3 is 2.31 bits per heavy atom. The van der Waals surface area contributed by atoms with Gasteiger partial charge in [0.05, 0.1) is 24.5 Å². The monoisotopic (exact) mass is 391 g/mol. The van der Waals surface area contributed by atoms with Crippen LogP contribution in [0.5, 0.6) is 11.5 Å². The van der Waals surface area contributed by atoms with Crippen molar-refractivity contribution in [2.45, 2.75) is 19.1 Å². The largest absolute Gasteiger partial charge is 0.497 e. The molecule has 29 heavy (non-hydrogen) atoms. The molecule has 0 bridgehead atoms. The van der Waals surface area contributed by atoms with Crippen LogP contribution in [-0.4, -0.2) is 22.9 Å². The molecule has 4 aromatic rings. The molecule has 0 aliphatic heterocycles. The van der Waals surface area contributed by atoms with Gasteiger partial charge in [0.1, 0.15) is 23.4 Å². The van der Waals surface area contributed by atoms with E-state index in [-0.39, 0.29) is 18.0 Å². The zero-order valence-electron chi connectivity index (χ0n) is 16.2. The molecule has 4 rings (SSSR count). The maximum Gasteiger partial charge on any atom is 0.138 e. The van der Waals surface area contributed by atoms with E-state index < -0.39 is 0 Å². The Morgan fingerprint density at radius 2 is 1.66 bits per heavy atom. The molecular formula is C23H22FN3O2. The van der Waals surface area contributed by atoms with Crippen molar-refractivity contribution in [2.75, 3.05) is 7.11 Å². The van der Waals surface area contributed by atoms with Gasteiger partial charge in [-0.3, -0.25) is 0 Å². The van der Waals surface area contributed by atoms with Gasteiger partial charge >= 0.3 is 0 Å². The molecule has 0 radical (unpaired) electrons. The SMILES string of the molecule is COc1ccc([C@@H](Oc2ccc3c(cnn3-c3ccc(F)cc3)c2)[C@H](C)N)cc1. The number of halogens is 1. The van der Waals surface area contributed by atoms with Gasteiger partial charge in [-0.05, 0) is 67.1 Å². The van der Waals surface area contributed by atoms with E-state index in [0.717, 1.165) is 27.9 Å². The minimum Gasteiger partial charge on any atom is -0.497 e. The maximum absolute atomic E-state index is 13.2. The number of methoxy groups -OCH3 is 1. The highest BCUT2D eigenvalue weighted by atomic mass is 19.1. The van der Waals surface area contributed by atoms with Crippen molar-refractivity contribution in [3.05, 3.63) is 84.3 Å². The van der Waals surface area contributed by atoms with Crippen molar-refractivity contribution in [2.24, 2.45) is 5.73 Å². The molecule has 0 aliphatic rings. The summed E-state index contributed by atoms with van der Waals surface area (Å²) in [5.74, 6) is 1.21. The van der Waals surface area contributed by atoms with Crippen LogP contribution in [0.2, 0.25) is 0 Å². The van der Waals surface area contributed by atoms with Crippen molar-refractivity contribution in [3.63, 3.8) is 0 Å². The molecule has 6 heteroatoms. The predicted octanol–water partition coefficient (Wildman–Crippen LogP) is 4.64. The number of aromatic nitrogens is 2. The van der Waals surface area contributed by atoms with E-state index in [1.165, 1.54) is 12.1 Å². The molecule has 0 aliphatic carbocycles. The molecular weight excluding hydrogens is 369 g/mol. The molecule has 0 saturated carbocycles. The van der Waals surface area contributed by atoms with Crippen LogP contribution in [0.4, 0.5) is 4.39 Å². The quantitative estimate of drug-likeness (QED) is 0.520. The van der Waals surface area contributed by atoms with E-state index >= 15 is 0 Å². The molecule has 5 nitrogen and oxygen atoms in total. The molecule has 148 valence electrons. The second kappa shape index (κ2) is 7.93. The van der Waals surface area contributed by atoms with Gasteiger partial charge in [0.2, 0.25) is 0 Å². The topological polar surface area (TPSA) is 62.3 Å². The lowest BCUT2D eigenvalue weighted by atomic mass is 10.0. The minimum atomic E-state index is -0.300. The summed E-state index contributed by atoms with van der Waals surface area (Å²) in [5, 5.41) is 5.35. The summed E-state index contributed by atoms with van der Waals surface area (Å²) in [6.07, 6.45) is 1.46. The molecule has 2 atom stereocenters. The van der Waals surface area contributed by atoms with Gasteiger partial charge in [0.25, 0.3) is 0 Å². The van der Waals surface area contributed by atoms with Crippen LogP contribution in [0.3, 0.4) is 0 Å². The van der Waals surface area contributed by atoms with Crippen LogP contribution < -0.4 is 15.2 Å². The van der Waals surface area contributed by atoms with Gasteiger partial charge in [0.15, 0.2) is 0 Å². The first-order chi connectivity index (χ1) is 14.0. The highest BCUT2D eigenvalue weighted by Crippen LogP contribution is 2.29. The third-order valence-corrected chi connectivity index (χ3v) is 4.80. The van der Waals surface area contributed by atoms with E-state index in [1.54, 1.807) is 30.1 Å². The Kier molecular flexibility index (Phi) is 5.18. The third kappa shape index (κ3) is 3.93. The Bertz CT molecular complexity index is 1110. The minimum absolute atomic E-state index is 0.207. The molecule has 1 heterocycles. The van der Waals surface area contributed by atoms with Crippen molar-refractivity contribution in [1.82, 2.24) is 9.78 Å². The molecule has 0 spiro atoms. The molecule has 0 amide bonds. The number of nitrogens with two attached hydrogens (primary N) is 1. The molecule has 0 fully saturated rings. The number of rotatable bonds is 6. The van der Waals surface area contributed by atoms with E-state index in [0.29, 0.717) is 5.75 Å². The van der Waals surface area contributed by atoms with Gasteiger partial charge in [-0.25, -0.2) is 9.07 Å². The van der Waals surface area contributed by atoms with Crippen LogP contribution in [0.1, 0.15) is 18.6 Å². The lowest BCUT2D eigenvalue weighted by Gasteiger charge is -2.23. The summed E-state index contributed by atoms with van der Waals surface area (Å²) in [5.41, 5.74) is 8.87. The number of hydrogen-bond acceptors (Lipinski definition) is 4. The van der Waals surface area contributed by atoms with Gasteiger partial charge < -0.3 is 15.2 Å². The summed E-state index contributed by atoms with van der Waals surface area (Å²) in [6, 6.07) is 19.5. The number of nitrogens with zero attached hydrogens (tertiary/aromatic N) is 2. The number of hydrogen-bond donors (Lipinski definition) is 1. The smallest absolute Gasteiger partial charge is 0.138 e. The fourth-order valence-corrected chi connectivity index (χ4v) is 3.29. The van der Waals surface area contributed by atoms with E-state index in [4.69, 9.17) is 15.2 Å². The van der Waals surface area contributed by atoms with Gasteiger partial charge in [0, 0.05) is 11.4 Å². The second-order valence-corrected chi connectivity index (χ2v) is 6.92. The first-order valence-electron chi connectivity index (χ1n) is 9.35. The summed E-state index contributed by atoms with van der Waals surface area (Å²) in [7, 11) is 1.63. The molecule has 0 saturated heterocycles. The predicted molar refractivity (Wildman–Crippen MR) is 111 cm³/mol. The van der Waals surface area contributed by atoms with E-state index in [2.05, 4.69) is 5.10 Å². The fraction of sp³-hybridized carbons (Fsp3) is 0.174. The lowest BCUT2D eigenvalue weighted by molar-refractivity contribution is 0.180. The van der Waals surface area contributed by atoms with Crippen LogP contribution in [0.25, 0.3) is 16.6 Å². The average molecular weight is 391 g/mol. The Morgan fingerprint density at radius 1 is 0.966 bits per heavy atom. The highest BCUT2D eigenvalue weighted by Gasteiger charge is 2.19. The summed E-state index contributed by atoms with van der Waals surface area (Å²) < 4.78 is 26.4. The fourth-order valence-electron chi connectivity index (χ4n) is 3.29. The molecule has 0 unspecified atom stereocenters.